The molecule has 0 amide bonds. The molecular weight excluding hydrogens is 727 g/mol. The fourth-order valence-corrected chi connectivity index (χ4v) is 7.92. The topological polar surface area (TPSA) is 92.5 Å². The fraction of sp³-hybridized carbons (Fsp3) is 0.755. The molecule has 7 atom stereocenters. The van der Waals surface area contributed by atoms with Crippen LogP contribution in [0.3, 0.4) is 0 Å². The van der Waals surface area contributed by atoms with Crippen molar-refractivity contribution in [2.75, 3.05) is 6.54 Å². The number of nitrogens with one attached hydrogen (secondary N) is 1. The first kappa shape index (κ1) is 58.0. The second kappa shape index (κ2) is 30.9. The summed E-state index contributed by atoms with van der Waals surface area (Å²) in [4.78, 5) is 37.7. The molecule has 1 heterocycles. The lowest BCUT2D eigenvalue weighted by Gasteiger charge is -2.46. The normalized spacial score (nSPS) is 20.4. The van der Waals surface area contributed by atoms with Crippen LogP contribution < -0.4 is 11.1 Å². The van der Waals surface area contributed by atoms with E-state index in [9.17, 15) is 14.4 Å². The van der Waals surface area contributed by atoms with Crippen molar-refractivity contribution in [3.63, 3.8) is 0 Å². The van der Waals surface area contributed by atoms with Crippen LogP contribution in [0.15, 0.2) is 49.5 Å². The molecule has 3 fully saturated rings. The molecule has 340 valence electrons. The molecule has 0 bridgehead atoms. The highest BCUT2D eigenvalue weighted by Gasteiger charge is 2.55. The van der Waals surface area contributed by atoms with Crippen LogP contribution >= 0.6 is 0 Å². The molecule has 6 heteroatoms. The van der Waals surface area contributed by atoms with E-state index < -0.39 is 0 Å². The van der Waals surface area contributed by atoms with Crippen molar-refractivity contribution in [2.24, 2.45) is 46.2 Å². The predicted octanol–water partition coefficient (Wildman–Crippen LogP) is 13.6. The third kappa shape index (κ3) is 22.9. The first-order chi connectivity index (χ1) is 27.6. The number of likely N-dealkylation sites (tertiary alicyclic amines) is 1. The van der Waals surface area contributed by atoms with E-state index in [1.165, 1.54) is 57.4 Å². The third-order valence-electron chi connectivity index (χ3n) is 12.6. The van der Waals surface area contributed by atoms with Gasteiger partial charge in [0.15, 0.2) is 5.78 Å². The summed E-state index contributed by atoms with van der Waals surface area (Å²) in [5.41, 5.74) is 8.85. The smallest absolute Gasteiger partial charge is 0.201 e. The Balaban J connectivity index is 0. The Morgan fingerprint density at radius 3 is 1.92 bits per heavy atom. The summed E-state index contributed by atoms with van der Waals surface area (Å²) in [6, 6.07) is 0.335. The number of rotatable bonds is 20. The largest absolute Gasteiger partial charge is 0.386 e. The molecule has 1 aliphatic heterocycles. The molecule has 2 saturated carbocycles. The van der Waals surface area contributed by atoms with Crippen LogP contribution in [0.5, 0.6) is 0 Å². The predicted molar refractivity (Wildman–Crippen MR) is 258 cm³/mol. The number of fused-ring (bicyclic) bond motifs is 1. The van der Waals surface area contributed by atoms with E-state index in [4.69, 9.17) is 12.2 Å². The SMILES string of the molecule is C#CCCCC(C(=O)C(C)=O)C(C)CCC(=C)C1[C@H]2C[C@H]2CN1C(=C)C(NC(=C)N)C1(C)CCCCC1.C=CCC.CC(=O)CCC(C)C(C)(C)C.CCC.CCCC. The summed E-state index contributed by atoms with van der Waals surface area (Å²) in [6.45, 7) is 44.7. The zero-order valence-electron chi connectivity index (χ0n) is 41.0. The minimum atomic E-state index is -0.355. The number of allylic oxidation sites excluding steroid dienone is 1. The zero-order chi connectivity index (χ0) is 45.9. The van der Waals surface area contributed by atoms with E-state index in [0.29, 0.717) is 47.6 Å². The summed E-state index contributed by atoms with van der Waals surface area (Å²) in [5.74, 6) is 4.64. The van der Waals surface area contributed by atoms with Crippen molar-refractivity contribution in [3.8, 4) is 12.3 Å². The lowest BCUT2D eigenvalue weighted by molar-refractivity contribution is -0.139. The van der Waals surface area contributed by atoms with Crippen molar-refractivity contribution in [1.82, 2.24) is 10.2 Å². The number of carbonyl (C=O) groups is 3. The van der Waals surface area contributed by atoms with E-state index in [-0.39, 0.29) is 40.9 Å². The molecule has 59 heavy (non-hydrogen) atoms. The second-order valence-corrected chi connectivity index (χ2v) is 19.3. The lowest BCUT2D eigenvalue weighted by Crippen LogP contribution is -2.51. The molecule has 1 saturated heterocycles. The average molecular weight is 822 g/mol. The van der Waals surface area contributed by atoms with Gasteiger partial charge in [-0.25, -0.2) is 0 Å². The minimum Gasteiger partial charge on any atom is -0.386 e. The van der Waals surface area contributed by atoms with Gasteiger partial charge in [-0.05, 0) is 99.2 Å². The molecule has 0 aromatic carbocycles. The Kier molecular flexibility index (Phi) is 30.4. The Labute approximate surface area is 366 Å². The van der Waals surface area contributed by atoms with Crippen molar-refractivity contribution in [3.05, 3.63) is 49.5 Å². The number of nitrogens with two attached hydrogens (primary N) is 1. The molecule has 5 unspecified atom stereocenters. The van der Waals surface area contributed by atoms with E-state index >= 15 is 0 Å². The van der Waals surface area contributed by atoms with Gasteiger partial charge in [-0.1, -0.05) is 146 Å². The monoisotopic (exact) mass is 822 g/mol. The quantitative estimate of drug-likeness (QED) is 0.0550. The van der Waals surface area contributed by atoms with E-state index in [1.807, 2.05) is 6.08 Å². The van der Waals surface area contributed by atoms with Gasteiger partial charge in [-0.2, -0.15) is 0 Å². The van der Waals surface area contributed by atoms with Gasteiger partial charge < -0.3 is 20.7 Å². The van der Waals surface area contributed by atoms with Gasteiger partial charge in [0.25, 0.3) is 0 Å². The molecule has 6 nitrogen and oxygen atoms in total. The number of hydrogen-bond acceptors (Lipinski definition) is 6. The van der Waals surface area contributed by atoms with Crippen LogP contribution in [-0.2, 0) is 14.4 Å². The highest BCUT2D eigenvalue weighted by atomic mass is 16.2. The molecule has 3 rings (SSSR count). The molecular formula is C53H95N3O3. The second-order valence-electron chi connectivity index (χ2n) is 19.3. The maximum atomic E-state index is 12.7. The molecule has 0 aromatic rings. The van der Waals surface area contributed by atoms with Gasteiger partial charge in [-0.15, -0.1) is 18.9 Å². The van der Waals surface area contributed by atoms with Gasteiger partial charge in [0, 0.05) is 37.9 Å². The molecule has 2 aliphatic carbocycles. The van der Waals surface area contributed by atoms with E-state index in [1.54, 1.807) is 6.92 Å². The highest BCUT2D eigenvalue weighted by molar-refractivity contribution is 6.37. The van der Waals surface area contributed by atoms with Crippen molar-refractivity contribution in [1.29, 1.82) is 0 Å². The Morgan fingerprint density at radius 1 is 0.949 bits per heavy atom. The summed E-state index contributed by atoms with van der Waals surface area (Å²) >= 11 is 0. The van der Waals surface area contributed by atoms with Crippen LogP contribution in [0.4, 0.5) is 0 Å². The van der Waals surface area contributed by atoms with Crippen molar-refractivity contribution < 1.29 is 14.4 Å². The standard InChI is InChI=1S/C32H49N3O2.C10H20O.C4H10.C4H8.C3H8/c1-8-9-11-14-27(30(37)24(5)36)21(2)15-16-22(3)29-28-19-26(28)20-35(29)23(4)31(34-25(6)33)32(7)17-12-10-13-18-32;1-8(10(3,4)5)6-7-9(2)11;2*1-3-4-2;1-3-2/h1,21,26-29,31,34H,3-4,6,9-20,33H2,2,5,7H3;8H,6-7H2,1-5H3;3-4H2,1-2H3;3H,1,4H2,2H3;3H2,1-2H3/t21?,26-,27?,28-,29?,31?;;;;/m0..../s1. The summed E-state index contributed by atoms with van der Waals surface area (Å²) in [5, 5.41) is 3.50. The van der Waals surface area contributed by atoms with Gasteiger partial charge in [0.1, 0.15) is 5.78 Å². The molecule has 3 aliphatic rings. The fourth-order valence-electron chi connectivity index (χ4n) is 7.92. The number of hydrogen-bond donors (Lipinski definition) is 2. The van der Waals surface area contributed by atoms with Crippen LogP contribution in [0.1, 0.15) is 199 Å². The maximum absolute atomic E-state index is 12.7. The Bertz CT molecular complexity index is 1310. The van der Waals surface area contributed by atoms with Gasteiger partial charge in [0.05, 0.1) is 17.9 Å². The van der Waals surface area contributed by atoms with E-state index in [0.717, 1.165) is 63.6 Å². The lowest BCUT2D eigenvalue weighted by atomic mass is 9.69. The number of terminal acetylenes is 1. The Morgan fingerprint density at radius 2 is 1.49 bits per heavy atom. The van der Waals surface area contributed by atoms with Gasteiger partial charge >= 0.3 is 0 Å². The number of unbranched alkanes of at least 4 members (excludes halogenated alkanes) is 2. The first-order valence-corrected chi connectivity index (χ1v) is 23.5. The maximum Gasteiger partial charge on any atom is 0.201 e. The number of piperidine rings is 1. The highest BCUT2D eigenvalue weighted by Crippen LogP contribution is 2.54. The number of Topliss-reactive ketones (excluding diaryl/α,β-unsaturated/α-hetero) is 3. The molecule has 3 N–H and O–H groups in total. The van der Waals surface area contributed by atoms with Crippen LogP contribution in [0, 0.1) is 52.8 Å². The van der Waals surface area contributed by atoms with Crippen LogP contribution in [0.25, 0.3) is 0 Å². The third-order valence-corrected chi connectivity index (χ3v) is 12.6. The van der Waals surface area contributed by atoms with Crippen molar-refractivity contribution >= 4 is 17.3 Å². The summed E-state index contributed by atoms with van der Waals surface area (Å²) < 4.78 is 0. The van der Waals surface area contributed by atoms with Crippen molar-refractivity contribution in [2.45, 2.75) is 211 Å². The molecule has 0 radical (unpaired) electrons. The minimum absolute atomic E-state index is 0.0609. The zero-order valence-corrected chi connectivity index (χ0v) is 41.0. The first-order valence-electron chi connectivity index (χ1n) is 23.5. The van der Waals surface area contributed by atoms with Crippen LogP contribution in [0.2, 0.25) is 0 Å². The summed E-state index contributed by atoms with van der Waals surface area (Å²) in [7, 11) is 0. The Hall–Kier alpha value is -3.07. The average Bonchev–Trinajstić information content (AvgIpc) is 3.84. The molecule has 0 spiro atoms. The molecule has 0 aromatic heterocycles. The summed E-state index contributed by atoms with van der Waals surface area (Å²) in [6.07, 6.45) is 25.1. The number of nitrogens with zero attached hydrogens (tertiary/aromatic N) is 1. The van der Waals surface area contributed by atoms with Gasteiger partial charge in [0.2, 0.25) is 5.78 Å². The van der Waals surface area contributed by atoms with E-state index in [2.05, 4.69) is 119 Å². The van der Waals surface area contributed by atoms with Crippen LogP contribution in [-0.4, -0.2) is 40.9 Å². The number of ketones is 3. The number of carbonyl (C=O) groups excluding carboxylic acids is 3. The van der Waals surface area contributed by atoms with Gasteiger partial charge in [-0.3, -0.25) is 9.59 Å².